The molecule has 0 saturated carbocycles. The number of benzene rings is 3. The van der Waals surface area contributed by atoms with Crippen LogP contribution in [0, 0.1) is 5.82 Å². The standard InChI is InChI=1S/C25H18Br2FNO4/c1-2-31-22-12-15(10-20(27)23(22)32-14-17-6-3-4-9-19(17)26)11-21-25(30)33-24(29-21)16-7-5-8-18(28)13-16/h3-13H,2,14H2,1H3/b21-11-. The topological polar surface area (TPSA) is 57.1 Å². The van der Waals surface area contributed by atoms with Gasteiger partial charge in [-0.15, -0.1) is 0 Å². The lowest BCUT2D eigenvalue weighted by Gasteiger charge is -2.15. The SMILES string of the molecule is CCOc1cc(/C=C2\N=C(c3cccc(F)c3)OC2=O)cc(Br)c1OCc1ccccc1Br. The summed E-state index contributed by atoms with van der Waals surface area (Å²) in [6, 6.07) is 17.1. The van der Waals surface area contributed by atoms with Crippen LogP contribution in [0.5, 0.6) is 11.5 Å². The third kappa shape index (κ3) is 5.51. The predicted octanol–water partition coefficient (Wildman–Crippen LogP) is 6.67. The molecule has 0 spiro atoms. The first-order valence-corrected chi connectivity index (χ1v) is 11.6. The van der Waals surface area contributed by atoms with Gasteiger partial charge in [-0.2, -0.15) is 0 Å². The molecule has 0 N–H and O–H groups in total. The van der Waals surface area contributed by atoms with Gasteiger partial charge in [-0.25, -0.2) is 14.2 Å². The van der Waals surface area contributed by atoms with Gasteiger partial charge in [0, 0.05) is 15.6 Å². The fourth-order valence-electron chi connectivity index (χ4n) is 3.15. The Bertz CT molecular complexity index is 1270. The molecule has 0 saturated heterocycles. The van der Waals surface area contributed by atoms with Crippen molar-refractivity contribution < 1.29 is 23.4 Å². The lowest BCUT2D eigenvalue weighted by Crippen LogP contribution is -2.05. The van der Waals surface area contributed by atoms with Gasteiger partial charge in [0.15, 0.2) is 17.2 Å². The molecule has 1 heterocycles. The van der Waals surface area contributed by atoms with Crippen LogP contribution in [0.3, 0.4) is 0 Å². The zero-order valence-electron chi connectivity index (χ0n) is 17.5. The van der Waals surface area contributed by atoms with Crippen molar-refractivity contribution in [3.8, 4) is 11.5 Å². The molecule has 0 radical (unpaired) electrons. The smallest absolute Gasteiger partial charge is 0.363 e. The van der Waals surface area contributed by atoms with Crippen molar-refractivity contribution in [2.75, 3.05) is 6.61 Å². The lowest BCUT2D eigenvalue weighted by atomic mass is 10.1. The molecule has 3 aromatic rings. The summed E-state index contributed by atoms with van der Waals surface area (Å²) in [4.78, 5) is 16.6. The Balaban J connectivity index is 1.62. The molecule has 0 fully saturated rings. The summed E-state index contributed by atoms with van der Waals surface area (Å²) < 4.78 is 32.2. The van der Waals surface area contributed by atoms with Gasteiger partial charge >= 0.3 is 5.97 Å². The molecule has 8 heteroatoms. The number of ether oxygens (including phenoxy) is 3. The zero-order chi connectivity index (χ0) is 23.4. The van der Waals surface area contributed by atoms with Crippen molar-refractivity contribution >= 4 is 49.8 Å². The maximum absolute atomic E-state index is 13.5. The van der Waals surface area contributed by atoms with Crippen LogP contribution in [0.1, 0.15) is 23.6 Å². The van der Waals surface area contributed by atoms with Crippen molar-refractivity contribution in [3.63, 3.8) is 0 Å². The van der Waals surface area contributed by atoms with Crippen LogP contribution in [0.2, 0.25) is 0 Å². The second-order valence-corrected chi connectivity index (χ2v) is 8.70. The maximum Gasteiger partial charge on any atom is 0.363 e. The molecule has 0 bridgehead atoms. The highest BCUT2D eigenvalue weighted by Crippen LogP contribution is 2.38. The summed E-state index contributed by atoms with van der Waals surface area (Å²) in [5.74, 6) is 0.0760. The average molecular weight is 575 g/mol. The first-order chi connectivity index (χ1) is 15.9. The number of aliphatic imine (C=N–C) groups is 1. The summed E-state index contributed by atoms with van der Waals surface area (Å²) in [6.45, 7) is 2.65. The van der Waals surface area contributed by atoms with E-state index < -0.39 is 11.8 Å². The third-order valence-electron chi connectivity index (χ3n) is 4.66. The van der Waals surface area contributed by atoms with E-state index in [0.717, 1.165) is 10.0 Å². The van der Waals surface area contributed by atoms with Crippen LogP contribution in [-0.4, -0.2) is 18.5 Å². The molecule has 1 aliphatic rings. The molecule has 5 nitrogen and oxygen atoms in total. The molecular weight excluding hydrogens is 557 g/mol. The number of rotatable bonds is 7. The van der Waals surface area contributed by atoms with Crippen LogP contribution in [-0.2, 0) is 16.1 Å². The Kier molecular flexibility index (Phi) is 7.25. The van der Waals surface area contributed by atoms with E-state index in [4.69, 9.17) is 14.2 Å². The van der Waals surface area contributed by atoms with E-state index in [1.54, 1.807) is 24.3 Å². The summed E-state index contributed by atoms with van der Waals surface area (Å²) >= 11 is 7.06. The lowest BCUT2D eigenvalue weighted by molar-refractivity contribution is -0.129. The number of hydrogen-bond acceptors (Lipinski definition) is 5. The van der Waals surface area contributed by atoms with E-state index >= 15 is 0 Å². The summed E-state index contributed by atoms with van der Waals surface area (Å²) in [7, 11) is 0. The largest absolute Gasteiger partial charge is 0.490 e. The number of hydrogen-bond donors (Lipinski definition) is 0. The fraction of sp³-hybridized carbons (Fsp3) is 0.120. The number of carbonyl (C=O) groups excluding carboxylic acids is 1. The first-order valence-electron chi connectivity index (χ1n) is 10.1. The molecule has 168 valence electrons. The molecule has 0 unspecified atom stereocenters. The Morgan fingerprint density at radius 1 is 1.03 bits per heavy atom. The summed E-state index contributed by atoms with van der Waals surface area (Å²) in [5, 5.41) is 0. The Morgan fingerprint density at radius 2 is 1.85 bits per heavy atom. The minimum absolute atomic E-state index is 0.0586. The van der Waals surface area contributed by atoms with Gasteiger partial charge in [-0.05, 0) is 70.9 Å². The van der Waals surface area contributed by atoms with Gasteiger partial charge in [0.25, 0.3) is 0 Å². The van der Waals surface area contributed by atoms with E-state index in [0.29, 0.717) is 40.3 Å². The number of esters is 1. The molecule has 0 atom stereocenters. The van der Waals surface area contributed by atoms with Gasteiger partial charge < -0.3 is 14.2 Å². The zero-order valence-corrected chi connectivity index (χ0v) is 20.7. The van der Waals surface area contributed by atoms with Gasteiger partial charge in [-0.3, -0.25) is 0 Å². The van der Waals surface area contributed by atoms with Crippen LogP contribution in [0.4, 0.5) is 4.39 Å². The van der Waals surface area contributed by atoms with Gasteiger partial charge in [0.2, 0.25) is 5.90 Å². The summed E-state index contributed by atoms with van der Waals surface area (Å²) in [5.41, 5.74) is 2.14. The molecule has 1 aliphatic heterocycles. The van der Waals surface area contributed by atoms with E-state index in [1.165, 1.54) is 18.2 Å². The molecule has 3 aromatic carbocycles. The van der Waals surface area contributed by atoms with Crippen molar-refractivity contribution in [3.05, 3.63) is 97.8 Å². The Hall–Kier alpha value is -2.97. The van der Waals surface area contributed by atoms with Crippen LogP contribution in [0.25, 0.3) is 6.08 Å². The van der Waals surface area contributed by atoms with E-state index in [9.17, 15) is 9.18 Å². The van der Waals surface area contributed by atoms with E-state index in [2.05, 4.69) is 36.9 Å². The Morgan fingerprint density at radius 3 is 2.61 bits per heavy atom. The van der Waals surface area contributed by atoms with Gasteiger partial charge in [0.05, 0.1) is 11.1 Å². The highest BCUT2D eigenvalue weighted by atomic mass is 79.9. The van der Waals surface area contributed by atoms with Crippen LogP contribution < -0.4 is 9.47 Å². The monoisotopic (exact) mass is 573 g/mol. The van der Waals surface area contributed by atoms with Crippen molar-refractivity contribution in [2.45, 2.75) is 13.5 Å². The number of cyclic esters (lactones) is 1. The number of halogens is 3. The second-order valence-electron chi connectivity index (χ2n) is 6.99. The normalized spacial score (nSPS) is 14.2. The van der Waals surface area contributed by atoms with E-state index in [1.807, 2.05) is 31.2 Å². The minimum Gasteiger partial charge on any atom is -0.490 e. The maximum atomic E-state index is 13.5. The average Bonchev–Trinajstić information content (AvgIpc) is 3.15. The number of carbonyl (C=O) groups is 1. The molecular formula is C25H18Br2FNO4. The van der Waals surface area contributed by atoms with Gasteiger partial charge in [0.1, 0.15) is 12.4 Å². The first kappa shape index (κ1) is 23.2. The minimum atomic E-state index is -0.613. The van der Waals surface area contributed by atoms with Gasteiger partial charge in [-0.1, -0.05) is 40.2 Å². The van der Waals surface area contributed by atoms with Crippen LogP contribution in [0.15, 0.2) is 80.3 Å². The highest BCUT2D eigenvalue weighted by molar-refractivity contribution is 9.10. The molecule has 33 heavy (non-hydrogen) atoms. The van der Waals surface area contributed by atoms with Crippen LogP contribution >= 0.6 is 31.9 Å². The highest BCUT2D eigenvalue weighted by Gasteiger charge is 2.25. The third-order valence-corrected chi connectivity index (χ3v) is 6.02. The van der Waals surface area contributed by atoms with Crippen molar-refractivity contribution in [1.82, 2.24) is 0 Å². The molecule has 4 rings (SSSR count). The molecule has 0 aromatic heterocycles. The summed E-state index contributed by atoms with van der Waals surface area (Å²) in [6.07, 6.45) is 1.58. The quantitative estimate of drug-likeness (QED) is 0.233. The van der Waals surface area contributed by atoms with Crippen molar-refractivity contribution in [2.24, 2.45) is 4.99 Å². The van der Waals surface area contributed by atoms with E-state index in [-0.39, 0.29) is 11.6 Å². The second kappa shape index (κ2) is 10.3. The molecule has 0 amide bonds. The fourth-order valence-corrected chi connectivity index (χ4v) is 4.13. The molecule has 0 aliphatic carbocycles. The van der Waals surface area contributed by atoms with Crippen molar-refractivity contribution in [1.29, 1.82) is 0 Å². The Labute approximate surface area is 207 Å². The number of nitrogens with zero attached hydrogens (tertiary/aromatic N) is 1. The predicted molar refractivity (Wildman–Crippen MR) is 131 cm³/mol.